The molecular weight excluding hydrogens is 585 g/mol. The maximum absolute atomic E-state index is 13.3. The lowest BCUT2D eigenvalue weighted by Crippen LogP contribution is -2.22. The molecule has 38 heavy (non-hydrogen) atoms. The van der Waals surface area contributed by atoms with Crippen molar-refractivity contribution >= 4 is 67.0 Å². The van der Waals surface area contributed by atoms with E-state index < -0.39 is 0 Å². The van der Waals surface area contributed by atoms with E-state index in [1.54, 1.807) is 24.4 Å². The van der Waals surface area contributed by atoms with Gasteiger partial charge in [-0.2, -0.15) is 9.78 Å². The highest BCUT2D eigenvalue weighted by molar-refractivity contribution is 9.10. The molecule has 5 rings (SSSR count). The van der Waals surface area contributed by atoms with Gasteiger partial charge in [0.2, 0.25) is 0 Å². The molecule has 1 aromatic heterocycles. The lowest BCUT2D eigenvalue weighted by Gasteiger charge is -2.13. The summed E-state index contributed by atoms with van der Waals surface area (Å²) in [5, 5.41) is 7.96. The molecule has 5 aromatic rings. The monoisotopic (exact) mass is 607 g/mol. The molecule has 5 nitrogen and oxygen atoms in total. The van der Waals surface area contributed by atoms with Crippen molar-refractivity contribution in [3.05, 3.63) is 115 Å². The Bertz CT molecular complexity index is 1700. The second-order valence-electron chi connectivity index (χ2n) is 8.90. The Morgan fingerprint density at radius 1 is 1.00 bits per heavy atom. The summed E-state index contributed by atoms with van der Waals surface area (Å²) in [5.74, 6) is 1.01. The van der Waals surface area contributed by atoms with Crippen LogP contribution in [-0.2, 0) is 13.0 Å². The molecule has 192 valence electrons. The van der Waals surface area contributed by atoms with Crippen LogP contribution < -0.4 is 10.3 Å². The standard InChI is InChI=1S/C30H24BrCl2N3O2/c1-2-3-11-28-35-27-13-12-22(31)16-24(27)30(37)36(28)34-17-19-14-25(32)29(26(33)15-19)38-18-21-9-6-8-20-7-4-5-10-23(20)21/h4-10,12-17H,2-3,11,18H2,1H3. The molecule has 0 unspecified atom stereocenters. The Morgan fingerprint density at radius 2 is 1.76 bits per heavy atom. The van der Waals surface area contributed by atoms with Crippen molar-refractivity contribution in [2.24, 2.45) is 5.10 Å². The molecular formula is C30H24BrCl2N3O2. The van der Waals surface area contributed by atoms with Gasteiger partial charge in [0.1, 0.15) is 12.4 Å². The summed E-state index contributed by atoms with van der Waals surface area (Å²) in [6, 6.07) is 23.1. The van der Waals surface area contributed by atoms with Crippen LogP contribution in [0.5, 0.6) is 5.75 Å². The Labute approximate surface area is 238 Å². The minimum atomic E-state index is -0.231. The molecule has 1 heterocycles. The molecule has 8 heteroatoms. The Hall–Kier alpha value is -3.19. The molecule has 0 radical (unpaired) electrons. The molecule has 0 N–H and O–H groups in total. The summed E-state index contributed by atoms with van der Waals surface area (Å²) < 4.78 is 8.21. The van der Waals surface area contributed by atoms with Gasteiger partial charge in [-0.3, -0.25) is 4.79 Å². The lowest BCUT2D eigenvalue weighted by molar-refractivity contribution is 0.308. The quantitative estimate of drug-likeness (QED) is 0.166. The molecule has 0 aliphatic heterocycles. The van der Waals surface area contributed by atoms with E-state index >= 15 is 0 Å². The van der Waals surface area contributed by atoms with Crippen LogP contribution in [0.25, 0.3) is 21.7 Å². The van der Waals surface area contributed by atoms with Crippen molar-refractivity contribution in [2.45, 2.75) is 32.8 Å². The minimum absolute atomic E-state index is 0.231. The second-order valence-corrected chi connectivity index (χ2v) is 10.6. The zero-order valence-electron chi connectivity index (χ0n) is 20.6. The van der Waals surface area contributed by atoms with Crippen molar-refractivity contribution < 1.29 is 4.74 Å². The van der Waals surface area contributed by atoms with Gasteiger partial charge >= 0.3 is 0 Å². The average Bonchev–Trinajstić information content (AvgIpc) is 2.91. The van der Waals surface area contributed by atoms with E-state index in [0.717, 1.165) is 33.7 Å². The number of rotatable bonds is 8. The van der Waals surface area contributed by atoms with Crippen LogP contribution in [0.4, 0.5) is 0 Å². The van der Waals surface area contributed by atoms with E-state index in [1.807, 2.05) is 36.4 Å². The fourth-order valence-electron chi connectivity index (χ4n) is 4.30. The summed E-state index contributed by atoms with van der Waals surface area (Å²) in [6.07, 6.45) is 4.07. The first-order valence-electron chi connectivity index (χ1n) is 12.3. The normalized spacial score (nSPS) is 11.6. The predicted octanol–water partition coefficient (Wildman–Crippen LogP) is 8.42. The van der Waals surface area contributed by atoms with Crippen LogP contribution in [0.15, 0.2) is 87.2 Å². The third kappa shape index (κ3) is 5.63. The summed E-state index contributed by atoms with van der Waals surface area (Å²) in [6.45, 7) is 2.42. The fraction of sp³-hybridized carbons (Fsp3) is 0.167. The first kappa shape index (κ1) is 26.4. The lowest BCUT2D eigenvalue weighted by atomic mass is 10.1. The molecule has 0 amide bonds. The molecule has 0 fully saturated rings. The van der Waals surface area contributed by atoms with Gasteiger partial charge in [-0.1, -0.05) is 94.9 Å². The number of ether oxygens (including phenoxy) is 1. The molecule has 0 bridgehead atoms. The summed E-state index contributed by atoms with van der Waals surface area (Å²) in [4.78, 5) is 18.0. The molecule has 0 aliphatic carbocycles. The Kier molecular flexibility index (Phi) is 8.12. The van der Waals surface area contributed by atoms with Crippen LogP contribution in [0.2, 0.25) is 10.0 Å². The number of benzene rings is 4. The molecule has 0 spiro atoms. The van der Waals surface area contributed by atoms with E-state index in [-0.39, 0.29) is 5.56 Å². The smallest absolute Gasteiger partial charge is 0.282 e. The maximum Gasteiger partial charge on any atom is 0.282 e. The van der Waals surface area contributed by atoms with Crippen molar-refractivity contribution in [1.82, 2.24) is 9.66 Å². The third-order valence-corrected chi connectivity index (χ3v) is 7.28. The van der Waals surface area contributed by atoms with Crippen molar-refractivity contribution in [1.29, 1.82) is 0 Å². The van der Waals surface area contributed by atoms with Gasteiger partial charge in [0.15, 0.2) is 5.75 Å². The molecule has 0 aliphatic rings. The third-order valence-electron chi connectivity index (χ3n) is 6.22. The Balaban J connectivity index is 1.44. The topological polar surface area (TPSA) is 56.5 Å². The van der Waals surface area contributed by atoms with Gasteiger partial charge in [0, 0.05) is 10.9 Å². The predicted molar refractivity (Wildman–Crippen MR) is 160 cm³/mol. The summed E-state index contributed by atoms with van der Waals surface area (Å²) in [5.41, 5.74) is 2.09. The number of aryl methyl sites for hydroxylation is 1. The molecule has 0 saturated carbocycles. The number of unbranched alkanes of at least 4 members (excludes halogenated alkanes) is 1. The van der Waals surface area contributed by atoms with E-state index in [1.165, 1.54) is 4.68 Å². The highest BCUT2D eigenvalue weighted by atomic mass is 79.9. The Morgan fingerprint density at radius 3 is 2.55 bits per heavy atom. The zero-order valence-corrected chi connectivity index (χ0v) is 23.7. The first-order valence-corrected chi connectivity index (χ1v) is 13.8. The number of hydrogen-bond donors (Lipinski definition) is 0. The number of aromatic nitrogens is 2. The minimum Gasteiger partial charge on any atom is -0.486 e. The number of nitrogens with zero attached hydrogens (tertiary/aromatic N) is 3. The zero-order chi connectivity index (χ0) is 26.6. The van der Waals surface area contributed by atoms with Gasteiger partial charge in [-0.05, 0) is 58.7 Å². The highest BCUT2D eigenvalue weighted by Gasteiger charge is 2.13. The van der Waals surface area contributed by atoms with Gasteiger partial charge in [-0.25, -0.2) is 4.98 Å². The van der Waals surface area contributed by atoms with Crippen molar-refractivity contribution in [2.75, 3.05) is 0 Å². The highest BCUT2D eigenvalue weighted by Crippen LogP contribution is 2.35. The fourth-order valence-corrected chi connectivity index (χ4v) is 5.27. The SMILES string of the molecule is CCCCc1nc2ccc(Br)cc2c(=O)n1N=Cc1cc(Cl)c(OCc2cccc3ccccc23)c(Cl)c1. The van der Waals surface area contributed by atoms with Crippen LogP contribution in [-0.4, -0.2) is 15.9 Å². The van der Waals surface area contributed by atoms with Gasteiger partial charge < -0.3 is 4.74 Å². The number of halogens is 3. The molecule has 0 atom stereocenters. The molecule has 4 aromatic carbocycles. The van der Waals surface area contributed by atoms with Gasteiger partial charge in [0.25, 0.3) is 5.56 Å². The van der Waals surface area contributed by atoms with E-state index in [2.05, 4.69) is 46.2 Å². The number of hydrogen-bond acceptors (Lipinski definition) is 4. The maximum atomic E-state index is 13.3. The van der Waals surface area contributed by atoms with Crippen LogP contribution in [0, 0.1) is 0 Å². The van der Waals surface area contributed by atoms with E-state index in [4.69, 9.17) is 32.9 Å². The van der Waals surface area contributed by atoms with Crippen molar-refractivity contribution in [3.8, 4) is 5.75 Å². The van der Waals surface area contributed by atoms with E-state index in [0.29, 0.717) is 51.1 Å². The molecule has 0 saturated heterocycles. The van der Waals surface area contributed by atoms with Crippen molar-refractivity contribution in [3.63, 3.8) is 0 Å². The summed E-state index contributed by atoms with van der Waals surface area (Å²) in [7, 11) is 0. The van der Waals surface area contributed by atoms with Crippen LogP contribution in [0.3, 0.4) is 0 Å². The van der Waals surface area contributed by atoms with Crippen LogP contribution >= 0.6 is 39.1 Å². The van der Waals surface area contributed by atoms with Gasteiger partial charge in [-0.15, -0.1) is 0 Å². The van der Waals surface area contributed by atoms with Gasteiger partial charge in [0.05, 0.1) is 27.2 Å². The first-order chi connectivity index (χ1) is 18.4. The largest absolute Gasteiger partial charge is 0.486 e. The number of fused-ring (bicyclic) bond motifs is 2. The van der Waals surface area contributed by atoms with Crippen LogP contribution in [0.1, 0.15) is 36.7 Å². The summed E-state index contributed by atoms with van der Waals surface area (Å²) >= 11 is 16.6. The second kappa shape index (κ2) is 11.7. The average molecular weight is 609 g/mol. The van der Waals surface area contributed by atoms with E-state index in [9.17, 15) is 4.79 Å².